The second-order valence-corrected chi connectivity index (χ2v) is 4.09. The van der Waals surface area contributed by atoms with Gasteiger partial charge >= 0.3 is 5.97 Å². The maximum atomic E-state index is 14.2. The van der Waals surface area contributed by atoms with E-state index in [2.05, 4.69) is 5.10 Å². The van der Waals surface area contributed by atoms with E-state index in [9.17, 15) is 13.6 Å². The van der Waals surface area contributed by atoms with Gasteiger partial charge in [0.1, 0.15) is 11.6 Å². The molecule has 0 saturated heterocycles. The summed E-state index contributed by atoms with van der Waals surface area (Å²) in [6.45, 7) is 1.76. The number of carboxylic acid groups (broad SMARTS) is 1. The first kappa shape index (κ1) is 13.2. The molecular formula is C13H12F2N2O2. The van der Waals surface area contributed by atoms with Gasteiger partial charge in [-0.3, -0.25) is 4.68 Å². The van der Waals surface area contributed by atoms with Crippen LogP contribution in [-0.2, 0) is 13.5 Å². The van der Waals surface area contributed by atoms with Gasteiger partial charge in [-0.25, -0.2) is 13.6 Å². The van der Waals surface area contributed by atoms with Crippen molar-refractivity contribution in [3.8, 4) is 11.3 Å². The van der Waals surface area contributed by atoms with Gasteiger partial charge < -0.3 is 5.11 Å². The summed E-state index contributed by atoms with van der Waals surface area (Å²) in [5.74, 6) is -2.66. The molecule has 1 aromatic heterocycles. The number of benzene rings is 1. The summed E-state index contributed by atoms with van der Waals surface area (Å²) in [5, 5.41) is 12.6. The van der Waals surface area contributed by atoms with Gasteiger partial charge in [0.2, 0.25) is 0 Å². The number of carbonyl (C=O) groups is 1. The van der Waals surface area contributed by atoms with Crippen LogP contribution < -0.4 is 0 Å². The third-order valence-electron chi connectivity index (χ3n) is 2.91. The van der Waals surface area contributed by atoms with Crippen LogP contribution in [0.4, 0.5) is 8.78 Å². The summed E-state index contributed by atoms with van der Waals surface area (Å²) >= 11 is 0. The lowest BCUT2D eigenvalue weighted by atomic mass is 10.0. The van der Waals surface area contributed by atoms with Gasteiger partial charge in [0.25, 0.3) is 0 Å². The zero-order valence-corrected chi connectivity index (χ0v) is 10.4. The van der Waals surface area contributed by atoms with E-state index < -0.39 is 17.6 Å². The number of hydrogen-bond donors (Lipinski definition) is 1. The molecule has 0 atom stereocenters. The molecule has 100 valence electrons. The number of aromatic nitrogens is 2. The number of aromatic carboxylic acids is 1. The van der Waals surface area contributed by atoms with Crippen molar-refractivity contribution in [1.82, 2.24) is 9.78 Å². The Morgan fingerprint density at radius 3 is 2.63 bits per heavy atom. The van der Waals surface area contributed by atoms with E-state index in [1.165, 1.54) is 19.2 Å². The SMILES string of the molecule is CCc1ccc(F)c(-c2cc(C(=O)O)nn2C)c1F. The van der Waals surface area contributed by atoms with E-state index in [0.717, 1.165) is 10.7 Å². The van der Waals surface area contributed by atoms with Crippen molar-refractivity contribution in [2.24, 2.45) is 7.05 Å². The van der Waals surface area contributed by atoms with Gasteiger partial charge in [-0.2, -0.15) is 5.10 Å². The maximum Gasteiger partial charge on any atom is 0.356 e. The van der Waals surface area contributed by atoms with Crippen LogP contribution >= 0.6 is 0 Å². The van der Waals surface area contributed by atoms with Crippen molar-refractivity contribution in [3.05, 3.63) is 41.1 Å². The number of rotatable bonds is 3. The predicted molar refractivity (Wildman–Crippen MR) is 64.9 cm³/mol. The molecule has 0 aliphatic heterocycles. The highest BCUT2D eigenvalue weighted by atomic mass is 19.1. The molecule has 0 amide bonds. The molecule has 0 radical (unpaired) electrons. The molecule has 0 unspecified atom stereocenters. The lowest BCUT2D eigenvalue weighted by Crippen LogP contribution is -2.01. The second kappa shape index (κ2) is 4.79. The summed E-state index contributed by atoms with van der Waals surface area (Å²) in [5.41, 5.74) is -0.0303. The molecule has 1 N–H and O–H groups in total. The van der Waals surface area contributed by atoms with Gasteiger partial charge in [-0.1, -0.05) is 13.0 Å². The Morgan fingerprint density at radius 2 is 2.11 bits per heavy atom. The number of carboxylic acids is 1. The smallest absolute Gasteiger partial charge is 0.356 e. The first-order chi connectivity index (χ1) is 8.95. The second-order valence-electron chi connectivity index (χ2n) is 4.09. The normalized spacial score (nSPS) is 10.7. The van der Waals surface area contributed by atoms with Crippen LogP contribution in [0.3, 0.4) is 0 Å². The molecule has 0 fully saturated rings. The molecule has 0 aliphatic rings. The van der Waals surface area contributed by atoms with Crippen LogP contribution in [0.1, 0.15) is 23.0 Å². The maximum absolute atomic E-state index is 14.2. The Morgan fingerprint density at radius 1 is 1.42 bits per heavy atom. The van der Waals surface area contributed by atoms with Crippen molar-refractivity contribution in [2.75, 3.05) is 0 Å². The highest BCUT2D eigenvalue weighted by Gasteiger charge is 2.20. The van der Waals surface area contributed by atoms with Crippen molar-refractivity contribution < 1.29 is 18.7 Å². The average Bonchev–Trinajstić information content (AvgIpc) is 2.72. The molecule has 0 saturated carbocycles. The topological polar surface area (TPSA) is 55.1 Å². The van der Waals surface area contributed by atoms with Crippen LogP contribution in [0.15, 0.2) is 18.2 Å². The van der Waals surface area contributed by atoms with Gasteiger partial charge in [0, 0.05) is 7.05 Å². The van der Waals surface area contributed by atoms with E-state index >= 15 is 0 Å². The first-order valence-corrected chi connectivity index (χ1v) is 5.70. The highest BCUT2D eigenvalue weighted by Crippen LogP contribution is 2.28. The largest absolute Gasteiger partial charge is 0.476 e. The summed E-state index contributed by atoms with van der Waals surface area (Å²) < 4.78 is 29.2. The van der Waals surface area contributed by atoms with Crippen LogP contribution in [0.2, 0.25) is 0 Å². The van der Waals surface area contributed by atoms with Crippen molar-refractivity contribution >= 4 is 5.97 Å². The van der Waals surface area contributed by atoms with Crippen molar-refractivity contribution in [1.29, 1.82) is 0 Å². The number of nitrogens with zero attached hydrogens (tertiary/aromatic N) is 2. The zero-order chi connectivity index (χ0) is 14.2. The molecule has 0 spiro atoms. The molecule has 0 bridgehead atoms. The minimum atomic E-state index is -1.24. The van der Waals surface area contributed by atoms with Gasteiger partial charge in [-0.15, -0.1) is 0 Å². The molecule has 1 heterocycles. The van der Waals surface area contributed by atoms with Gasteiger partial charge in [-0.05, 0) is 24.1 Å². The van der Waals surface area contributed by atoms with Crippen molar-refractivity contribution in [2.45, 2.75) is 13.3 Å². The Balaban J connectivity index is 2.68. The Kier molecular flexibility index (Phi) is 3.33. The van der Waals surface area contributed by atoms with Crippen molar-refractivity contribution in [3.63, 3.8) is 0 Å². The fraction of sp³-hybridized carbons (Fsp3) is 0.231. The molecule has 4 nitrogen and oxygen atoms in total. The average molecular weight is 266 g/mol. The molecule has 0 aliphatic carbocycles. The summed E-state index contributed by atoms with van der Waals surface area (Å²) in [4.78, 5) is 10.8. The standard InChI is InChI=1S/C13H12F2N2O2/c1-3-7-4-5-8(14)11(12(7)15)10-6-9(13(18)19)16-17(10)2/h4-6H,3H2,1-2H3,(H,18,19). The molecule has 19 heavy (non-hydrogen) atoms. The first-order valence-electron chi connectivity index (χ1n) is 5.70. The van der Waals surface area contributed by atoms with Crippen LogP contribution in [0, 0.1) is 11.6 Å². The molecule has 2 rings (SSSR count). The fourth-order valence-corrected chi connectivity index (χ4v) is 1.91. The lowest BCUT2D eigenvalue weighted by molar-refractivity contribution is 0.0689. The minimum absolute atomic E-state index is 0.0997. The third kappa shape index (κ3) is 2.21. The summed E-state index contributed by atoms with van der Waals surface area (Å²) in [7, 11) is 1.44. The van der Waals surface area contributed by atoms with E-state index in [-0.39, 0.29) is 17.0 Å². The van der Waals surface area contributed by atoms with E-state index in [4.69, 9.17) is 5.11 Å². The molecule has 2 aromatic rings. The number of aryl methyl sites for hydroxylation is 2. The Bertz CT molecular complexity index is 650. The fourth-order valence-electron chi connectivity index (χ4n) is 1.91. The number of halogens is 2. The quantitative estimate of drug-likeness (QED) is 0.929. The number of hydrogen-bond acceptors (Lipinski definition) is 2. The van der Waals surface area contributed by atoms with Crippen LogP contribution in [-0.4, -0.2) is 20.9 Å². The van der Waals surface area contributed by atoms with E-state index in [0.29, 0.717) is 12.0 Å². The van der Waals surface area contributed by atoms with Crippen LogP contribution in [0.5, 0.6) is 0 Å². The van der Waals surface area contributed by atoms with Crippen LogP contribution in [0.25, 0.3) is 11.3 Å². The Labute approximate surface area is 108 Å². The van der Waals surface area contributed by atoms with E-state index in [1.807, 2.05) is 0 Å². The Hall–Kier alpha value is -2.24. The summed E-state index contributed by atoms with van der Waals surface area (Å²) in [6, 6.07) is 3.70. The molecular weight excluding hydrogens is 254 g/mol. The molecule has 1 aromatic carbocycles. The minimum Gasteiger partial charge on any atom is -0.476 e. The molecule has 6 heteroatoms. The monoisotopic (exact) mass is 266 g/mol. The zero-order valence-electron chi connectivity index (χ0n) is 10.4. The third-order valence-corrected chi connectivity index (χ3v) is 2.91. The van der Waals surface area contributed by atoms with E-state index in [1.54, 1.807) is 6.92 Å². The highest BCUT2D eigenvalue weighted by molar-refractivity contribution is 5.87. The lowest BCUT2D eigenvalue weighted by Gasteiger charge is -2.08. The summed E-state index contributed by atoms with van der Waals surface area (Å²) in [6.07, 6.45) is 0.419. The van der Waals surface area contributed by atoms with Gasteiger partial charge in [0.15, 0.2) is 5.69 Å². The predicted octanol–water partition coefficient (Wildman–Crippen LogP) is 2.63. The van der Waals surface area contributed by atoms with Gasteiger partial charge in [0.05, 0.1) is 11.3 Å².